The highest BCUT2D eigenvalue weighted by Gasteiger charge is 2.13. The molecule has 1 atom stereocenters. The van der Waals surface area contributed by atoms with Gasteiger partial charge in [0.25, 0.3) is 0 Å². The molecule has 4 N–H and O–H groups in total. The van der Waals surface area contributed by atoms with Gasteiger partial charge in [0.15, 0.2) is 5.96 Å². The fraction of sp³-hybridized carbons (Fsp3) is 0.429. The zero-order valence-corrected chi connectivity index (χ0v) is 21.6. The van der Waals surface area contributed by atoms with Gasteiger partial charge in [-0.1, -0.05) is 12.1 Å². The molecule has 1 unspecified atom stereocenters. The minimum absolute atomic E-state index is 0. The van der Waals surface area contributed by atoms with E-state index in [2.05, 4.69) is 25.3 Å². The average Bonchev–Trinajstić information content (AvgIpc) is 2.75. The van der Waals surface area contributed by atoms with Crippen LogP contribution in [0.15, 0.2) is 58.7 Å². The standard InChI is InChI=1S/C21H31N5O4S.HI/c1-4-23-21(24-12-13-26-31(28,29)19-6-5-11-22-14-19)25-15-20(27)17-7-9-18(10-8-17)30-16(2)3;/h5-11,14,16,20,26-27H,4,12-13,15H2,1-3H3,(H2,23,24,25);1H. The number of aliphatic hydroxyl groups excluding tert-OH is 1. The van der Waals surface area contributed by atoms with Crippen LogP contribution in [0.1, 0.15) is 32.4 Å². The Labute approximate surface area is 207 Å². The van der Waals surface area contributed by atoms with Gasteiger partial charge in [0.1, 0.15) is 10.6 Å². The lowest BCUT2D eigenvalue weighted by Gasteiger charge is -2.14. The van der Waals surface area contributed by atoms with Gasteiger partial charge in [0, 0.05) is 32.0 Å². The Morgan fingerprint density at radius 2 is 1.88 bits per heavy atom. The van der Waals surface area contributed by atoms with E-state index in [0.717, 1.165) is 11.3 Å². The van der Waals surface area contributed by atoms with Crippen LogP contribution in [-0.4, -0.2) is 56.8 Å². The van der Waals surface area contributed by atoms with Crippen LogP contribution in [-0.2, 0) is 10.0 Å². The minimum Gasteiger partial charge on any atom is -0.491 e. The molecule has 0 radical (unpaired) electrons. The summed E-state index contributed by atoms with van der Waals surface area (Å²) in [7, 11) is -3.61. The minimum atomic E-state index is -3.61. The smallest absolute Gasteiger partial charge is 0.242 e. The summed E-state index contributed by atoms with van der Waals surface area (Å²) in [6.07, 6.45) is 2.13. The van der Waals surface area contributed by atoms with E-state index in [9.17, 15) is 13.5 Å². The Bertz CT molecular complexity index is 925. The van der Waals surface area contributed by atoms with E-state index in [-0.39, 0.29) is 48.1 Å². The summed E-state index contributed by atoms with van der Waals surface area (Å²) in [5.41, 5.74) is 0.736. The number of ether oxygens (including phenoxy) is 1. The van der Waals surface area contributed by atoms with E-state index >= 15 is 0 Å². The molecule has 0 aliphatic rings. The first-order valence-corrected chi connectivity index (χ1v) is 11.7. The highest BCUT2D eigenvalue weighted by Crippen LogP contribution is 2.19. The van der Waals surface area contributed by atoms with Gasteiger partial charge in [0.2, 0.25) is 10.0 Å². The molecule has 0 aliphatic carbocycles. The first kappa shape index (κ1) is 28.1. The number of benzene rings is 1. The van der Waals surface area contributed by atoms with Crippen molar-refractivity contribution in [1.29, 1.82) is 0 Å². The maximum absolute atomic E-state index is 12.2. The maximum atomic E-state index is 12.2. The maximum Gasteiger partial charge on any atom is 0.242 e. The van der Waals surface area contributed by atoms with Gasteiger partial charge in [-0.3, -0.25) is 9.98 Å². The molecule has 0 spiro atoms. The van der Waals surface area contributed by atoms with Crippen molar-refractivity contribution in [2.24, 2.45) is 4.99 Å². The van der Waals surface area contributed by atoms with Gasteiger partial charge in [-0.25, -0.2) is 13.1 Å². The van der Waals surface area contributed by atoms with E-state index in [1.807, 2.05) is 45.0 Å². The number of sulfonamides is 1. The largest absolute Gasteiger partial charge is 0.491 e. The number of aromatic nitrogens is 1. The van der Waals surface area contributed by atoms with E-state index < -0.39 is 16.1 Å². The molecule has 0 fully saturated rings. The zero-order chi connectivity index (χ0) is 22.7. The van der Waals surface area contributed by atoms with Crippen LogP contribution in [0.25, 0.3) is 0 Å². The average molecular weight is 577 g/mol. The molecule has 178 valence electrons. The Morgan fingerprint density at radius 1 is 1.16 bits per heavy atom. The molecule has 0 saturated carbocycles. The summed E-state index contributed by atoms with van der Waals surface area (Å²) in [5.74, 6) is 1.24. The number of hydrogen-bond acceptors (Lipinski definition) is 6. The third-order valence-electron chi connectivity index (χ3n) is 4.06. The number of aliphatic hydroxyl groups is 1. The summed E-state index contributed by atoms with van der Waals surface area (Å²) in [6, 6.07) is 10.3. The summed E-state index contributed by atoms with van der Waals surface area (Å²) >= 11 is 0. The van der Waals surface area contributed by atoms with Crippen molar-refractivity contribution < 1.29 is 18.3 Å². The normalized spacial score (nSPS) is 12.7. The summed E-state index contributed by atoms with van der Waals surface area (Å²) < 4.78 is 32.5. The van der Waals surface area contributed by atoms with Crippen LogP contribution < -0.4 is 20.1 Å². The van der Waals surface area contributed by atoms with Gasteiger partial charge < -0.3 is 20.5 Å². The number of aliphatic imine (C=N–C) groups is 1. The van der Waals surface area contributed by atoms with Crippen LogP contribution in [0, 0.1) is 0 Å². The summed E-state index contributed by atoms with van der Waals surface area (Å²) in [5, 5.41) is 16.5. The number of nitrogens with zero attached hydrogens (tertiary/aromatic N) is 2. The fourth-order valence-corrected chi connectivity index (χ4v) is 3.62. The molecule has 1 heterocycles. The molecular formula is C21H32IN5O4S. The molecule has 11 heteroatoms. The van der Waals surface area contributed by atoms with Crippen molar-refractivity contribution in [1.82, 2.24) is 20.3 Å². The van der Waals surface area contributed by atoms with Crippen LogP contribution in [0.3, 0.4) is 0 Å². The second-order valence-electron chi connectivity index (χ2n) is 6.98. The molecule has 0 bridgehead atoms. The SMILES string of the molecule is CCNC(=NCC(O)c1ccc(OC(C)C)cc1)NCCNS(=O)(=O)c1cccnc1.I. The second-order valence-corrected chi connectivity index (χ2v) is 8.75. The van der Waals surface area contributed by atoms with E-state index in [0.29, 0.717) is 19.0 Å². The Morgan fingerprint density at radius 3 is 2.47 bits per heavy atom. The van der Waals surface area contributed by atoms with Gasteiger partial charge in [-0.15, -0.1) is 24.0 Å². The molecule has 1 aromatic heterocycles. The Hall–Kier alpha value is -1.96. The lowest BCUT2D eigenvalue weighted by molar-refractivity contribution is 0.186. The molecule has 32 heavy (non-hydrogen) atoms. The van der Waals surface area contributed by atoms with Crippen molar-refractivity contribution in [3.8, 4) is 5.75 Å². The Balaban J connectivity index is 0.00000512. The monoisotopic (exact) mass is 577 g/mol. The lowest BCUT2D eigenvalue weighted by Crippen LogP contribution is -2.41. The summed E-state index contributed by atoms with van der Waals surface area (Å²) in [4.78, 5) is 8.31. The van der Waals surface area contributed by atoms with Gasteiger partial charge in [-0.05, 0) is 50.6 Å². The number of pyridine rings is 1. The van der Waals surface area contributed by atoms with E-state index in [4.69, 9.17) is 4.74 Å². The predicted octanol–water partition coefficient (Wildman–Crippen LogP) is 2.05. The van der Waals surface area contributed by atoms with Crippen molar-refractivity contribution in [3.05, 3.63) is 54.4 Å². The van der Waals surface area contributed by atoms with E-state index in [1.54, 1.807) is 6.07 Å². The first-order chi connectivity index (χ1) is 14.8. The quantitative estimate of drug-likeness (QED) is 0.140. The molecule has 2 rings (SSSR count). The predicted molar refractivity (Wildman–Crippen MR) is 136 cm³/mol. The number of halogens is 1. The number of hydrogen-bond donors (Lipinski definition) is 4. The molecule has 0 aliphatic heterocycles. The van der Waals surface area contributed by atoms with Gasteiger partial charge >= 0.3 is 0 Å². The van der Waals surface area contributed by atoms with Gasteiger partial charge in [-0.2, -0.15) is 0 Å². The number of rotatable bonds is 11. The van der Waals surface area contributed by atoms with Crippen molar-refractivity contribution in [2.75, 3.05) is 26.2 Å². The molecule has 9 nitrogen and oxygen atoms in total. The van der Waals surface area contributed by atoms with Crippen molar-refractivity contribution >= 4 is 40.0 Å². The van der Waals surface area contributed by atoms with Gasteiger partial charge in [0.05, 0.1) is 18.8 Å². The highest BCUT2D eigenvalue weighted by atomic mass is 127. The highest BCUT2D eigenvalue weighted by molar-refractivity contribution is 14.0. The second kappa shape index (κ2) is 14.2. The number of guanidine groups is 1. The van der Waals surface area contributed by atoms with Crippen molar-refractivity contribution in [2.45, 2.75) is 37.9 Å². The Kier molecular flexibility index (Phi) is 12.5. The van der Waals surface area contributed by atoms with E-state index in [1.165, 1.54) is 18.5 Å². The van der Waals surface area contributed by atoms with Crippen LogP contribution in [0.4, 0.5) is 0 Å². The molecule has 0 amide bonds. The lowest BCUT2D eigenvalue weighted by atomic mass is 10.1. The third-order valence-corrected chi connectivity index (χ3v) is 5.50. The topological polar surface area (TPSA) is 125 Å². The van der Waals surface area contributed by atoms with Crippen LogP contribution in [0.5, 0.6) is 5.75 Å². The number of nitrogens with one attached hydrogen (secondary N) is 3. The fourth-order valence-electron chi connectivity index (χ4n) is 2.62. The molecular weight excluding hydrogens is 545 g/mol. The molecule has 0 saturated heterocycles. The van der Waals surface area contributed by atoms with Crippen LogP contribution >= 0.6 is 24.0 Å². The zero-order valence-electron chi connectivity index (χ0n) is 18.5. The first-order valence-electron chi connectivity index (χ1n) is 10.2. The van der Waals surface area contributed by atoms with Crippen LogP contribution in [0.2, 0.25) is 0 Å². The third kappa shape index (κ3) is 9.67. The van der Waals surface area contributed by atoms with Crippen molar-refractivity contribution in [3.63, 3.8) is 0 Å². The molecule has 2 aromatic rings. The summed E-state index contributed by atoms with van der Waals surface area (Å²) in [6.45, 7) is 7.11. The molecule has 1 aromatic carbocycles.